The minimum atomic E-state index is 1.08. The first-order chi connectivity index (χ1) is 7.22. The Morgan fingerprint density at radius 3 is 2.67 bits per heavy atom. The highest BCUT2D eigenvalue weighted by Crippen LogP contribution is 2.24. The van der Waals surface area contributed by atoms with Crippen molar-refractivity contribution < 1.29 is 0 Å². The van der Waals surface area contributed by atoms with Crippen LogP contribution < -0.4 is 4.90 Å². The summed E-state index contributed by atoms with van der Waals surface area (Å²) in [7, 11) is 0. The second-order valence-corrected chi connectivity index (χ2v) is 4.33. The maximum Gasteiger partial charge on any atom is 0.0708 e. The average molecular weight is 204 g/mol. The van der Waals surface area contributed by atoms with Crippen molar-refractivity contribution in [2.24, 2.45) is 0 Å². The van der Waals surface area contributed by atoms with E-state index < -0.39 is 0 Å². The Labute approximate surface area is 92.5 Å². The third-order valence-corrected chi connectivity index (χ3v) is 3.42. The molecule has 0 atom stereocenters. The second kappa shape index (κ2) is 4.23. The van der Waals surface area contributed by atoms with Crippen LogP contribution in [0.5, 0.6) is 0 Å². The summed E-state index contributed by atoms with van der Waals surface area (Å²) in [5.74, 6) is 0. The van der Waals surface area contributed by atoms with Crippen molar-refractivity contribution in [3.63, 3.8) is 0 Å². The molecule has 0 aromatic heterocycles. The van der Waals surface area contributed by atoms with E-state index in [-0.39, 0.29) is 0 Å². The standard InChI is InChI=1S/C13H20N2/c1-4-14-8-9-15(10-14)13-7-5-6-11(2)12(13)3/h5-7H,4,8-10H2,1-3H3. The minimum Gasteiger partial charge on any atom is -0.357 e. The summed E-state index contributed by atoms with van der Waals surface area (Å²) in [4.78, 5) is 4.95. The van der Waals surface area contributed by atoms with Gasteiger partial charge in [-0.3, -0.25) is 4.90 Å². The molecule has 0 bridgehead atoms. The van der Waals surface area contributed by atoms with Crippen molar-refractivity contribution in [1.29, 1.82) is 0 Å². The first kappa shape index (κ1) is 10.5. The zero-order chi connectivity index (χ0) is 10.8. The molecule has 1 saturated heterocycles. The van der Waals surface area contributed by atoms with Gasteiger partial charge in [0.25, 0.3) is 0 Å². The summed E-state index contributed by atoms with van der Waals surface area (Å²) < 4.78 is 0. The van der Waals surface area contributed by atoms with Gasteiger partial charge in [0.2, 0.25) is 0 Å². The van der Waals surface area contributed by atoms with Gasteiger partial charge in [0.05, 0.1) is 6.67 Å². The van der Waals surface area contributed by atoms with Crippen molar-refractivity contribution >= 4 is 5.69 Å². The van der Waals surface area contributed by atoms with Crippen LogP contribution in [0.3, 0.4) is 0 Å². The highest BCUT2D eigenvalue weighted by Gasteiger charge is 2.19. The Morgan fingerprint density at radius 2 is 2.00 bits per heavy atom. The fourth-order valence-corrected chi connectivity index (χ4v) is 2.18. The van der Waals surface area contributed by atoms with E-state index in [9.17, 15) is 0 Å². The molecule has 0 unspecified atom stereocenters. The van der Waals surface area contributed by atoms with E-state index in [1.165, 1.54) is 23.4 Å². The SMILES string of the molecule is CCN1CCN(c2cccc(C)c2C)C1. The third-order valence-electron chi connectivity index (χ3n) is 3.42. The molecule has 2 rings (SSSR count). The smallest absolute Gasteiger partial charge is 0.0708 e. The molecular formula is C13H20N2. The Hall–Kier alpha value is -1.02. The maximum absolute atomic E-state index is 2.48. The molecule has 1 aliphatic rings. The van der Waals surface area contributed by atoms with Crippen LogP contribution in [0.4, 0.5) is 5.69 Å². The summed E-state index contributed by atoms with van der Waals surface area (Å²) in [6.07, 6.45) is 0. The third kappa shape index (κ3) is 2.00. The van der Waals surface area contributed by atoms with Crippen LogP contribution in [-0.4, -0.2) is 31.2 Å². The van der Waals surface area contributed by atoms with Crippen LogP contribution in [0.2, 0.25) is 0 Å². The molecule has 0 saturated carbocycles. The Morgan fingerprint density at radius 1 is 1.20 bits per heavy atom. The predicted molar refractivity (Wildman–Crippen MR) is 65.4 cm³/mol. The summed E-state index contributed by atoms with van der Waals surface area (Å²) >= 11 is 0. The number of anilines is 1. The number of benzene rings is 1. The van der Waals surface area contributed by atoms with Gasteiger partial charge in [0, 0.05) is 18.8 Å². The van der Waals surface area contributed by atoms with E-state index >= 15 is 0 Å². The Balaban J connectivity index is 2.20. The van der Waals surface area contributed by atoms with Gasteiger partial charge < -0.3 is 4.90 Å². The molecule has 1 aliphatic heterocycles. The van der Waals surface area contributed by atoms with Crippen LogP contribution in [0.15, 0.2) is 18.2 Å². The van der Waals surface area contributed by atoms with E-state index in [0.717, 1.165) is 19.8 Å². The first-order valence-electron chi connectivity index (χ1n) is 5.76. The molecule has 1 aromatic carbocycles. The molecule has 82 valence electrons. The van der Waals surface area contributed by atoms with Crippen LogP contribution in [-0.2, 0) is 0 Å². The highest BCUT2D eigenvalue weighted by molar-refractivity contribution is 5.56. The van der Waals surface area contributed by atoms with E-state index in [4.69, 9.17) is 0 Å². The van der Waals surface area contributed by atoms with E-state index in [1.54, 1.807) is 0 Å². The van der Waals surface area contributed by atoms with Gasteiger partial charge >= 0.3 is 0 Å². The monoisotopic (exact) mass is 204 g/mol. The zero-order valence-electron chi connectivity index (χ0n) is 9.95. The van der Waals surface area contributed by atoms with E-state index in [2.05, 4.69) is 48.8 Å². The quantitative estimate of drug-likeness (QED) is 0.730. The van der Waals surface area contributed by atoms with Gasteiger partial charge in [-0.25, -0.2) is 0 Å². The van der Waals surface area contributed by atoms with Crippen molar-refractivity contribution in [2.75, 3.05) is 31.2 Å². The average Bonchev–Trinajstić information content (AvgIpc) is 2.70. The lowest BCUT2D eigenvalue weighted by Gasteiger charge is -2.22. The summed E-state index contributed by atoms with van der Waals surface area (Å²) in [5, 5.41) is 0. The van der Waals surface area contributed by atoms with Crippen LogP contribution in [0.25, 0.3) is 0 Å². The fourth-order valence-electron chi connectivity index (χ4n) is 2.18. The molecular weight excluding hydrogens is 184 g/mol. The molecule has 0 radical (unpaired) electrons. The maximum atomic E-state index is 2.48. The van der Waals surface area contributed by atoms with Gasteiger partial charge in [-0.05, 0) is 37.6 Å². The van der Waals surface area contributed by atoms with Gasteiger partial charge in [-0.2, -0.15) is 0 Å². The topological polar surface area (TPSA) is 6.48 Å². The van der Waals surface area contributed by atoms with Crippen molar-refractivity contribution in [1.82, 2.24) is 4.90 Å². The molecule has 2 heteroatoms. The lowest BCUT2D eigenvalue weighted by Crippen LogP contribution is -2.25. The molecule has 0 amide bonds. The summed E-state index contributed by atoms with van der Waals surface area (Å²) in [5.41, 5.74) is 4.23. The van der Waals surface area contributed by atoms with Gasteiger partial charge in [-0.15, -0.1) is 0 Å². The first-order valence-corrected chi connectivity index (χ1v) is 5.76. The Kier molecular flexibility index (Phi) is 2.96. The lowest BCUT2D eigenvalue weighted by molar-refractivity contribution is 0.361. The van der Waals surface area contributed by atoms with Crippen LogP contribution in [0.1, 0.15) is 18.1 Å². The van der Waals surface area contributed by atoms with Crippen LogP contribution >= 0.6 is 0 Å². The van der Waals surface area contributed by atoms with Gasteiger partial charge in [0.1, 0.15) is 0 Å². The Bertz CT molecular complexity index is 346. The number of hydrogen-bond acceptors (Lipinski definition) is 2. The molecule has 1 aromatic rings. The van der Waals surface area contributed by atoms with Crippen molar-refractivity contribution in [2.45, 2.75) is 20.8 Å². The van der Waals surface area contributed by atoms with E-state index in [0.29, 0.717) is 0 Å². The molecule has 0 N–H and O–H groups in total. The van der Waals surface area contributed by atoms with Crippen LogP contribution in [0, 0.1) is 13.8 Å². The summed E-state index contributed by atoms with van der Waals surface area (Å²) in [6, 6.07) is 6.58. The van der Waals surface area contributed by atoms with Gasteiger partial charge in [0.15, 0.2) is 0 Å². The van der Waals surface area contributed by atoms with Crippen molar-refractivity contribution in [3.8, 4) is 0 Å². The number of hydrogen-bond donors (Lipinski definition) is 0. The molecule has 0 spiro atoms. The number of rotatable bonds is 2. The molecule has 0 aliphatic carbocycles. The molecule has 1 fully saturated rings. The zero-order valence-corrected chi connectivity index (χ0v) is 9.95. The number of nitrogens with zero attached hydrogens (tertiary/aromatic N) is 2. The number of likely N-dealkylation sites (N-methyl/N-ethyl adjacent to an activating group) is 1. The summed E-state index contributed by atoms with van der Waals surface area (Å²) in [6.45, 7) is 11.2. The second-order valence-electron chi connectivity index (χ2n) is 4.33. The fraction of sp³-hybridized carbons (Fsp3) is 0.538. The van der Waals surface area contributed by atoms with Crippen molar-refractivity contribution in [3.05, 3.63) is 29.3 Å². The lowest BCUT2D eigenvalue weighted by atomic mass is 10.1. The minimum absolute atomic E-state index is 1.08. The molecule has 15 heavy (non-hydrogen) atoms. The predicted octanol–water partition coefficient (Wildman–Crippen LogP) is 2.40. The molecule has 2 nitrogen and oxygen atoms in total. The van der Waals surface area contributed by atoms with Gasteiger partial charge in [-0.1, -0.05) is 19.1 Å². The van der Waals surface area contributed by atoms with E-state index in [1.807, 2.05) is 0 Å². The normalized spacial score (nSPS) is 17.4. The number of aryl methyl sites for hydroxylation is 1. The molecule has 1 heterocycles. The largest absolute Gasteiger partial charge is 0.357 e. The highest BCUT2D eigenvalue weighted by atomic mass is 15.4.